The SMILES string of the molecule is COc1ccc(OCn2ccc(C(=O)Nc3cnn(Cc4ccc(F)cc4Cl)c3)n2)cc1. The average Bonchev–Trinajstić information content (AvgIpc) is 3.44. The molecule has 0 unspecified atom stereocenters. The Bertz CT molecular complexity index is 1220. The molecule has 4 aromatic rings. The number of anilines is 1. The van der Waals surface area contributed by atoms with Crippen molar-refractivity contribution in [2.75, 3.05) is 12.4 Å². The molecular formula is C22H19ClFN5O3. The van der Waals surface area contributed by atoms with Crippen LogP contribution in [0.1, 0.15) is 16.1 Å². The van der Waals surface area contributed by atoms with E-state index >= 15 is 0 Å². The highest BCUT2D eigenvalue weighted by Gasteiger charge is 2.12. The summed E-state index contributed by atoms with van der Waals surface area (Å²) in [5, 5.41) is 11.5. The van der Waals surface area contributed by atoms with E-state index < -0.39 is 5.82 Å². The van der Waals surface area contributed by atoms with Crippen LogP contribution in [0.5, 0.6) is 11.5 Å². The maximum Gasteiger partial charge on any atom is 0.276 e. The predicted octanol–water partition coefficient (Wildman–Crippen LogP) is 4.22. The van der Waals surface area contributed by atoms with E-state index in [0.717, 1.165) is 5.75 Å². The van der Waals surface area contributed by atoms with E-state index in [4.69, 9.17) is 21.1 Å². The first kappa shape index (κ1) is 21.4. The molecule has 0 radical (unpaired) electrons. The monoisotopic (exact) mass is 455 g/mol. The van der Waals surface area contributed by atoms with E-state index in [9.17, 15) is 9.18 Å². The third-order valence-electron chi connectivity index (χ3n) is 4.53. The van der Waals surface area contributed by atoms with E-state index in [-0.39, 0.29) is 18.3 Å². The van der Waals surface area contributed by atoms with Crippen molar-refractivity contribution in [3.8, 4) is 11.5 Å². The topological polar surface area (TPSA) is 83.2 Å². The van der Waals surface area contributed by atoms with Crippen molar-refractivity contribution in [3.63, 3.8) is 0 Å². The molecule has 0 atom stereocenters. The number of amides is 1. The van der Waals surface area contributed by atoms with Crippen LogP contribution < -0.4 is 14.8 Å². The molecular weight excluding hydrogens is 437 g/mol. The first-order valence-corrected chi connectivity index (χ1v) is 9.96. The lowest BCUT2D eigenvalue weighted by molar-refractivity contribution is 0.102. The summed E-state index contributed by atoms with van der Waals surface area (Å²) in [7, 11) is 1.60. The van der Waals surface area contributed by atoms with E-state index in [1.54, 1.807) is 60.6 Å². The fourth-order valence-electron chi connectivity index (χ4n) is 2.90. The van der Waals surface area contributed by atoms with Crippen molar-refractivity contribution in [2.24, 2.45) is 0 Å². The second kappa shape index (κ2) is 9.52. The summed E-state index contributed by atoms with van der Waals surface area (Å²) in [5.74, 6) is 0.606. The quantitative estimate of drug-likeness (QED) is 0.430. The number of nitrogens with zero attached hydrogens (tertiary/aromatic N) is 4. The van der Waals surface area contributed by atoms with E-state index in [2.05, 4.69) is 15.5 Å². The van der Waals surface area contributed by atoms with E-state index in [0.29, 0.717) is 28.6 Å². The Morgan fingerprint density at radius 3 is 2.66 bits per heavy atom. The van der Waals surface area contributed by atoms with Gasteiger partial charge in [-0.1, -0.05) is 17.7 Å². The van der Waals surface area contributed by atoms with Gasteiger partial charge in [-0.15, -0.1) is 0 Å². The molecule has 1 N–H and O–H groups in total. The third-order valence-corrected chi connectivity index (χ3v) is 4.89. The van der Waals surface area contributed by atoms with Crippen LogP contribution in [0.3, 0.4) is 0 Å². The fraction of sp³-hybridized carbons (Fsp3) is 0.136. The Kier molecular flexibility index (Phi) is 6.37. The summed E-state index contributed by atoms with van der Waals surface area (Å²) in [4.78, 5) is 12.5. The van der Waals surface area contributed by atoms with Crippen molar-refractivity contribution in [2.45, 2.75) is 13.3 Å². The van der Waals surface area contributed by atoms with Crippen molar-refractivity contribution in [3.05, 3.63) is 89.2 Å². The number of carbonyl (C=O) groups excluding carboxylic acids is 1. The summed E-state index contributed by atoms with van der Waals surface area (Å²) in [5.41, 5.74) is 1.44. The number of aromatic nitrogens is 4. The minimum absolute atomic E-state index is 0.149. The molecule has 2 aromatic heterocycles. The van der Waals surface area contributed by atoms with Gasteiger partial charge in [0.25, 0.3) is 5.91 Å². The Morgan fingerprint density at radius 1 is 1.12 bits per heavy atom. The van der Waals surface area contributed by atoms with Crippen molar-refractivity contribution in [1.82, 2.24) is 19.6 Å². The third kappa shape index (κ3) is 5.25. The minimum atomic E-state index is -0.402. The highest BCUT2D eigenvalue weighted by atomic mass is 35.5. The number of nitrogens with one attached hydrogen (secondary N) is 1. The lowest BCUT2D eigenvalue weighted by atomic mass is 10.2. The number of hydrogen-bond donors (Lipinski definition) is 1. The zero-order chi connectivity index (χ0) is 22.5. The van der Waals surface area contributed by atoms with E-state index in [1.165, 1.54) is 23.0 Å². The lowest BCUT2D eigenvalue weighted by Crippen LogP contribution is -2.14. The Morgan fingerprint density at radius 2 is 1.91 bits per heavy atom. The van der Waals surface area contributed by atoms with Crippen LogP contribution in [0.25, 0.3) is 0 Å². The van der Waals surface area contributed by atoms with Gasteiger partial charge in [-0.25, -0.2) is 9.07 Å². The maximum absolute atomic E-state index is 13.2. The van der Waals surface area contributed by atoms with Crippen LogP contribution in [0, 0.1) is 5.82 Å². The van der Waals surface area contributed by atoms with Gasteiger partial charge in [-0.05, 0) is 48.0 Å². The van der Waals surface area contributed by atoms with Gasteiger partial charge in [0.15, 0.2) is 12.4 Å². The zero-order valence-corrected chi connectivity index (χ0v) is 17.8. The Hall–Kier alpha value is -3.85. The molecule has 2 aromatic carbocycles. The smallest absolute Gasteiger partial charge is 0.276 e. The van der Waals surface area contributed by atoms with Gasteiger partial charge < -0.3 is 14.8 Å². The van der Waals surface area contributed by atoms with Crippen LogP contribution in [0.15, 0.2) is 67.1 Å². The lowest BCUT2D eigenvalue weighted by Gasteiger charge is -2.07. The molecule has 0 fully saturated rings. The molecule has 0 aliphatic heterocycles. The largest absolute Gasteiger partial charge is 0.497 e. The molecule has 0 bridgehead atoms. The number of carbonyl (C=O) groups is 1. The van der Waals surface area contributed by atoms with Crippen LogP contribution in [-0.4, -0.2) is 32.6 Å². The molecule has 0 aliphatic rings. The van der Waals surface area contributed by atoms with Gasteiger partial charge in [-0.3, -0.25) is 9.48 Å². The predicted molar refractivity (Wildman–Crippen MR) is 117 cm³/mol. The summed E-state index contributed by atoms with van der Waals surface area (Å²) < 4.78 is 27.0. The highest BCUT2D eigenvalue weighted by Crippen LogP contribution is 2.19. The second-order valence-electron chi connectivity index (χ2n) is 6.81. The molecule has 164 valence electrons. The summed E-state index contributed by atoms with van der Waals surface area (Å²) in [6.07, 6.45) is 4.82. The van der Waals surface area contributed by atoms with Crippen LogP contribution >= 0.6 is 11.6 Å². The van der Waals surface area contributed by atoms with Crippen LogP contribution in [0.4, 0.5) is 10.1 Å². The van der Waals surface area contributed by atoms with Gasteiger partial charge in [-0.2, -0.15) is 10.2 Å². The van der Waals surface area contributed by atoms with E-state index in [1.807, 2.05) is 0 Å². The molecule has 8 nitrogen and oxygen atoms in total. The standard InChI is InChI=1S/C22H19ClFN5O3/c1-31-18-4-6-19(7-5-18)32-14-28-9-8-21(27-28)22(30)26-17-11-25-29(13-17)12-15-2-3-16(24)10-20(15)23/h2-11,13H,12,14H2,1H3,(H,26,30). The van der Waals surface area contributed by atoms with Gasteiger partial charge >= 0.3 is 0 Å². The zero-order valence-electron chi connectivity index (χ0n) is 17.0. The number of ether oxygens (including phenoxy) is 2. The second-order valence-corrected chi connectivity index (χ2v) is 7.21. The van der Waals surface area contributed by atoms with Gasteiger partial charge in [0, 0.05) is 17.4 Å². The van der Waals surface area contributed by atoms with Crippen molar-refractivity contribution < 1.29 is 18.7 Å². The molecule has 0 saturated heterocycles. The number of methoxy groups -OCH3 is 1. The van der Waals surface area contributed by atoms with Gasteiger partial charge in [0.2, 0.25) is 0 Å². The summed E-state index contributed by atoms with van der Waals surface area (Å²) in [6, 6.07) is 12.9. The first-order chi connectivity index (χ1) is 15.5. The Balaban J connectivity index is 1.33. The van der Waals surface area contributed by atoms with Crippen LogP contribution in [-0.2, 0) is 13.3 Å². The number of halogens is 2. The molecule has 1 amide bonds. The van der Waals surface area contributed by atoms with Crippen molar-refractivity contribution in [1.29, 1.82) is 0 Å². The average molecular weight is 456 g/mol. The summed E-state index contributed by atoms with van der Waals surface area (Å²) >= 11 is 6.05. The minimum Gasteiger partial charge on any atom is -0.497 e. The normalized spacial score (nSPS) is 10.7. The van der Waals surface area contributed by atoms with Gasteiger partial charge in [0.05, 0.1) is 25.5 Å². The first-order valence-electron chi connectivity index (χ1n) is 9.58. The van der Waals surface area contributed by atoms with Crippen LogP contribution in [0.2, 0.25) is 5.02 Å². The highest BCUT2D eigenvalue weighted by molar-refractivity contribution is 6.31. The Labute approximate surface area is 188 Å². The van der Waals surface area contributed by atoms with Gasteiger partial charge in [0.1, 0.15) is 17.3 Å². The molecule has 4 rings (SSSR count). The van der Waals surface area contributed by atoms with Crippen molar-refractivity contribution >= 4 is 23.2 Å². The molecule has 0 saturated carbocycles. The molecule has 32 heavy (non-hydrogen) atoms. The fourth-order valence-corrected chi connectivity index (χ4v) is 3.13. The maximum atomic E-state index is 13.2. The summed E-state index contributed by atoms with van der Waals surface area (Å²) in [6.45, 7) is 0.488. The number of benzene rings is 2. The molecule has 2 heterocycles. The number of rotatable bonds is 8. The number of hydrogen-bond acceptors (Lipinski definition) is 5. The molecule has 10 heteroatoms. The molecule has 0 aliphatic carbocycles. The molecule has 0 spiro atoms.